The minimum Gasteiger partial charge on any atom is -1.00 e. The molecule has 0 radical (unpaired) electrons. The molecule has 1 aromatic heterocycles. The van der Waals surface area contributed by atoms with Gasteiger partial charge in [-0.3, -0.25) is 0 Å². The highest BCUT2D eigenvalue weighted by atomic mass is 127. The maximum Gasteiger partial charge on any atom is 0.286 e. The second kappa shape index (κ2) is 7.93. The SMILES string of the molecule is CC[n+]1c(C(=Cc2ccccc2)N(C)C)sc2ccccc21.[I-]. The van der Waals surface area contributed by atoms with Crippen molar-refractivity contribution in [2.45, 2.75) is 13.5 Å². The number of benzene rings is 2. The van der Waals surface area contributed by atoms with Crippen molar-refractivity contribution in [3.63, 3.8) is 0 Å². The molecular weight excluding hydrogens is 415 g/mol. The van der Waals surface area contributed by atoms with Gasteiger partial charge in [0, 0.05) is 20.2 Å². The fourth-order valence-electron chi connectivity index (χ4n) is 2.63. The molecule has 0 aliphatic rings. The van der Waals surface area contributed by atoms with E-state index in [9.17, 15) is 0 Å². The van der Waals surface area contributed by atoms with Crippen LogP contribution in [0.3, 0.4) is 0 Å². The molecule has 2 aromatic carbocycles. The lowest BCUT2D eigenvalue weighted by atomic mass is 10.2. The van der Waals surface area contributed by atoms with Crippen molar-refractivity contribution in [2.24, 2.45) is 0 Å². The van der Waals surface area contributed by atoms with Crippen molar-refractivity contribution in [1.29, 1.82) is 0 Å². The molecule has 2 nitrogen and oxygen atoms in total. The van der Waals surface area contributed by atoms with Gasteiger partial charge in [0.1, 0.15) is 16.9 Å². The third-order valence-corrected chi connectivity index (χ3v) is 4.92. The van der Waals surface area contributed by atoms with Gasteiger partial charge in [-0.05, 0) is 24.6 Å². The van der Waals surface area contributed by atoms with Crippen molar-refractivity contribution in [3.8, 4) is 0 Å². The Hall–Kier alpha value is -1.40. The number of nitrogens with zero attached hydrogens (tertiary/aromatic N) is 2. The summed E-state index contributed by atoms with van der Waals surface area (Å²) in [6.07, 6.45) is 2.26. The van der Waals surface area contributed by atoms with Crippen LogP contribution in [-0.2, 0) is 6.54 Å². The molecule has 0 aliphatic heterocycles. The largest absolute Gasteiger partial charge is 1.00 e. The lowest BCUT2D eigenvalue weighted by Crippen LogP contribution is -3.00. The zero-order chi connectivity index (χ0) is 15.5. The number of hydrogen-bond acceptors (Lipinski definition) is 2. The number of hydrogen-bond donors (Lipinski definition) is 0. The van der Waals surface area contributed by atoms with Crippen LogP contribution in [0.4, 0.5) is 0 Å². The second-order valence-electron chi connectivity index (χ2n) is 5.45. The molecule has 0 spiro atoms. The molecular formula is C19H21IN2S. The smallest absolute Gasteiger partial charge is 0.286 e. The van der Waals surface area contributed by atoms with E-state index < -0.39 is 0 Å². The maximum atomic E-state index is 2.40. The summed E-state index contributed by atoms with van der Waals surface area (Å²) in [5, 5.41) is 1.30. The number of halogens is 1. The van der Waals surface area contributed by atoms with Gasteiger partial charge in [0.25, 0.3) is 5.01 Å². The Morgan fingerprint density at radius 2 is 1.70 bits per heavy atom. The molecule has 120 valence electrons. The quantitative estimate of drug-likeness (QED) is 0.442. The summed E-state index contributed by atoms with van der Waals surface area (Å²) in [6.45, 7) is 3.18. The molecule has 0 fully saturated rings. The van der Waals surface area contributed by atoms with Crippen LogP contribution in [0.2, 0.25) is 0 Å². The van der Waals surface area contributed by atoms with Crippen LogP contribution in [0.1, 0.15) is 17.5 Å². The van der Waals surface area contributed by atoms with Gasteiger partial charge in [-0.15, -0.1) is 0 Å². The Balaban J connectivity index is 0.00000192. The first kappa shape index (κ1) is 17.9. The van der Waals surface area contributed by atoms with Crippen molar-refractivity contribution in [3.05, 3.63) is 65.2 Å². The first-order valence-corrected chi connectivity index (χ1v) is 8.38. The molecule has 0 bridgehead atoms. The number of para-hydroxylation sites is 1. The van der Waals surface area contributed by atoms with E-state index in [0.717, 1.165) is 6.54 Å². The van der Waals surface area contributed by atoms with Crippen LogP contribution in [-0.4, -0.2) is 19.0 Å². The number of aryl methyl sites for hydroxylation is 1. The molecule has 23 heavy (non-hydrogen) atoms. The van der Waals surface area contributed by atoms with Crippen LogP contribution >= 0.6 is 11.3 Å². The van der Waals surface area contributed by atoms with Crippen molar-refractivity contribution >= 4 is 33.3 Å². The third kappa shape index (κ3) is 3.75. The van der Waals surface area contributed by atoms with E-state index in [-0.39, 0.29) is 24.0 Å². The average molecular weight is 436 g/mol. The monoisotopic (exact) mass is 436 g/mol. The van der Waals surface area contributed by atoms with Gasteiger partial charge in [-0.1, -0.05) is 53.8 Å². The van der Waals surface area contributed by atoms with Crippen LogP contribution in [0, 0.1) is 0 Å². The number of rotatable bonds is 4. The van der Waals surface area contributed by atoms with Crippen LogP contribution in [0.25, 0.3) is 22.0 Å². The Kier molecular flexibility index (Phi) is 6.18. The predicted molar refractivity (Wildman–Crippen MR) is 95.7 cm³/mol. The van der Waals surface area contributed by atoms with E-state index in [1.54, 1.807) is 0 Å². The average Bonchev–Trinajstić information content (AvgIpc) is 2.91. The molecule has 1 heterocycles. The topological polar surface area (TPSA) is 7.12 Å². The number of fused-ring (bicyclic) bond motifs is 1. The molecule has 0 aliphatic carbocycles. The van der Waals surface area contributed by atoms with Gasteiger partial charge in [0.05, 0.1) is 0 Å². The van der Waals surface area contributed by atoms with Gasteiger partial charge in [0.2, 0.25) is 5.52 Å². The van der Waals surface area contributed by atoms with E-state index in [4.69, 9.17) is 0 Å². The highest BCUT2D eigenvalue weighted by molar-refractivity contribution is 7.19. The summed E-state index contributed by atoms with van der Waals surface area (Å²) in [5.74, 6) is 0. The molecule has 0 unspecified atom stereocenters. The molecule has 3 aromatic rings. The molecule has 0 atom stereocenters. The molecule has 0 amide bonds. The lowest BCUT2D eigenvalue weighted by molar-refractivity contribution is -0.666. The van der Waals surface area contributed by atoms with Gasteiger partial charge in [0.15, 0.2) is 0 Å². The van der Waals surface area contributed by atoms with Crippen molar-refractivity contribution in [2.75, 3.05) is 14.1 Å². The van der Waals surface area contributed by atoms with Gasteiger partial charge in [-0.2, -0.15) is 4.57 Å². The zero-order valence-electron chi connectivity index (χ0n) is 13.7. The summed E-state index contributed by atoms with van der Waals surface area (Å²) in [7, 11) is 4.22. The van der Waals surface area contributed by atoms with E-state index in [0.29, 0.717) is 0 Å². The Morgan fingerprint density at radius 1 is 1.04 bits per heavy atom. The van der Waals surface area contributed by atoms with E-state index in [1.165, 1.54) is 26.5 Å². The van der Waals surface area contributed by atoms with Gasteiger partial charge in [-0.25, -0.2) is 0 Å². The lowest BCUT2D eigenvalue weighted by Gasteiger charge is -2.13. The minimum atomic E-state index is 0. The molecule has 0 N–H and O–H groups in total. The van der Waals surface area contributed by atoms with E-state index >= 15 is 0 Å². The predicted octanol–water partition coefficient (Wildman–Crippen LogP) is 1.27. The molecule has 4 heteroatoms. The Bertz CT molecular complexity index is 807. The third-order valence-electron chi connectivity index (χ3n) is 3.73. The second-order valence-corrected chi connectivity index (χ2v) is 6.48. The highest BCUT2D eigenvalue weighted by Crippen LogP contribution is 2.28. The molecule has 0 saturated heterocycles. The normalized spacial score (nSPS) is 11.3. The fourth-order valence-corrected chi connectivity index (χ4v) is 3.95. The van der Waals surface area contributed by atoms with Crippen LogP contribution < -0.4 is 28.5 Å². The van der Waals surface area contributed by atoms with Gasteiger partial charge >= 0.3 is 0 Å². The Labute approximate surface area is 159 Å². The zero-order valence-corrected chi connectivity index (χ0v) is 16.6. The first-order valence-electron chi connectivity index (χ1n) is 7.56. The summed E-state index contributed by atoms with van der Waals surface area (Å²) in [6, 6.07) is 19.1. The van der Waals surface area contributed by atoms with E-state index in [2.05, 4.69) is 91.2 Å². The molecule has 0 saturated carbocycles. The summed E-state index contributed by atoms with van der Waals surface area (Å²) < 4.78 is 3.73. The van der Waals surface area contributed by atoms with Crippen molar-refractivity contribution < 1.29 is 28.5 Å². The summed E-state index contributed by atoms with van der Waals surface area (Å²) in [4.78, 5) is 2.20. The van der Waals surface area contributed by atoms with Gasteiger partial charge < -0.3 is 28.9 Å². The van der Waals surface area contributed by atoms with Crippen molar-refractivity contribution in [1.82, 2.24) is 4.90 Å². The summed E-state index contributed by atoms with van der Waals surface area (Å²) >= 11 is 1.86. The fraction of sp³-hybridized carbons (Fsp3) is 0.211. The number of thiazole rings is 1. The maximum absolute atomic E-state index is 2.40. The summed E-state index contributed by atoms with van der Waals surface area (Å²) in [5.41, 5.74) is 3.78. The van der Waals surface area contributed by atoms with Crippen LogP contribution in [0.15, 0.2) is 54.6 Å². The standard InChI is InChI=1S/C19H21N2S.HI/c1-4-21-16-12-8-9-13-18(16)22-19(21)17(20(2)3)14-15-10-6-5-7-11-15;/h5-14H,4H2,1-3H3;1H/q+1;/p-1. The Morgan fingerprint density at radius 3 is 2.35 bits per heavy atom. The molecule has 3 rings (SSSR count). The number of aromatic nitrogens is 1. The van der Waals surface area contributed by atoms with E-state index in [1.807, 2.05) is 11.3 Å². The van der Waals surface area contributed by atoms with Crippen LogP contribution in [0.5, 0.6) is 0 Å². The highest BCUT2D eigenvalue weighted by Gasteiger charge is 2.23. The first-order chi connectivity index (χ1) is 10.7. The minimum absolute atomic E-state index is 0.